The van der Waals surface area contributed by atoms with Crippen LogP contribution in [-0.2, 0) is 9.47 Å². The van der Waals surface area contributed by atoms with Crippen LogP contribution in [0.3, 0.4) is 0 Å². The second kappa shape index (κ2) is 5.41. The van der Waals surface area contributed by atoms with Gasteiger partial charge in [-0.05, 0) is 0 Å². The topological polar surface area (TPSA) is 89.2 Å². The molecule has 0 radical (unpaired) electrons. The Balaban J connectivity index is 2.09. The molecule has 2 heterocycles. The van der Waals surface area contributed by atoms with Gasteiger partial charge in [-0.25, -0.2) is 4.79 Å². The summed E-state index contributed by atoms with van der Waals surface area (Å²) in [4.78, 5) is 24.4. The van der Waals surface area contributed by atoms with Gasteiger partial charge in [0.2, 0.25) is 0 Å². The van der Waals surface area contributed by atoms with E-state index in [1.165, 1.54) is 11.0 Å². The van der Waals surface area contributed by atoms with Gasteiger partial charge in [-0.1, -0.05) is 0 Å². The Hall–Kier alpha value is -1.86. The minimum Gasteiger partial charge on any atom is -0.478 e. The summed E-state index contributed by atoms with van der Waals surface area (Å²) in [5.74, 6) is -1.49. The second-order valence-electron chi connectivity index (χ2n) is 4.26. The number of hydrogen-bond acceptors (Lipinski definition) is 5. The van der Waals surface area contributed by atoms with Crippen molar-refractivity contribution < 1.29 is 28.6 Å². The molecule has 0 saturated carbocycles. The monoisotopic (exact) mass is 269 g/mol. The Morgan fingerprint density at radius 2 is 1.89 bits per heavy atom. The van der Waals surface area contributed by atoms with Gasteiger partial charge in [0.25, 0.3) is 5.91 Å². The van der Waals surface area contributed by atoms with Crippen LogP contribution in [0.25, 0.3) is 0 Å². The molecule has 1 saturated heterocycles. The number of hydrogen-bond donors (Lipinski definition) is 1. The number of furan rings is 1. The number of carboxylic acid groups (broad SMARTS) is 1. The van der Waals surface area contributed by atoms with Crippen molar-refractivity contribution in [2.75, 3.05) is 27.3 Å². The van der Waals surface area contributed by atoms with E-state index in [1.54, 1.807) is 14.2 Å². The zero-order valence-corrected chi connectivity index (χ0v) is 10.7. The van der Waals surface area contributed by atoms with Crippen LogP contribution in [0, 0.1) is 0 Å². The van der Waals surface area contributed by atoms with E-state index in [2.05, 4.69) is 0 Å². The average molecular weight is 269 g/mol. The van der Waals surface area contributed by atoms with Gasteiger partial charge in [-0.2, -0.15) is 0 Å². The van der Waals surface area contributed by atoms with Gasteiger partial charge in [0.15, 0.2) is 5.76 Å². The molecule has 1 aromatic rings. The van der Waals surface area contributed by atoms with Crippen molar-refractivity contribution in [2.45, 2.75) is 12.2 Å². The van der Waals surface area contributed by atoms with Crippen molar-refractivity contribution in [1.82, 2.24) is 4.90 Å². The summed E-state index contributed by atoms with van der Waals surface area (Å²) in [6, 6.07) is 1.21. The molecule has 0 bridgehead atoms. The zero-order chi connectivity index (χ0) is 14.0. The summed E-state index contributed by atoms with van der Waals surface area (Å²) in [6.07, 6.45) is 0.665. The fourth-order valence-electron chi connectivity index (χ4n) is 2.08. The van der Waals surface area contributed by atoms with E-state index >= 15 is 0 Å². The van der Waals surface area contributed by atoms with Crippen molar-refractivity contribution in [1.29, 1.82) is 0 Å². The maximum absolute atomic E-state index is 12.1. The first kappa shape index (κ1) is 13.6. The smallest absolute Gasteiger partial charge is 0.338 e. The van der Waals surface area contributed by atoms with Gasteiger partial charge >= 0.3 is 5.97 Å². The molecule has 0 aliphatic carbocycles. The Labute approximate surface area is 109 Å². The van der Waals surface area contributed by atoms with E-state index in [1.807, 2.05) is 0 Å². The third kappa shape index (κ3) is 2.61. The quantitative estimate of drug-likeness (QED) is 0.854. The molecule has 1 aliphatic heterocycles. The number of carboxylic acids is 1. The molecule has 1 aromatic heterocycles. The average Bonchev–Trinajstić information content (AvgIpc) is 3.04. The van der Waals surface area contributed by atoms with E-state index in [4.69, 9.17) is 19.0 Å². The molecule has 1 aliphatic rings. The lowest BCUT2D eigenvalue weighted by Crippen LogP contribution is -2.29. The highest BCUT2D eigenvalue weighted by molar-refractivity contribution is 5.95. The van der Waals surface area contributed by atoms with E-state index in [0.717, 1.165) is 6.26 Å². The van der Waals surface area contributed by atoms with Gasteiger partial charge in [0.1, 0.15) is 18.5 Å². The molecule has 7 nitrogen and oxygen atoms in total. The third-order valence-electron chi connectivity index (χ3n) is 3.17. The summed E-state index contributed by atoms with van der Waals surface area (Å²) >= 11 is 0. The van der Waals surface area contributed by atoms with Crippen LogP contribution in [0.1, 0.15) is 20.9 Å². The maximum Gasteiger partial charge on any atom is 0.338 e. The maximum atomic E-state index is 12.1. The van der Waals surface area contributed by atoms with Crippen LogP contribution in [-0.4, -0.2) is 61.4 Å². The first-order chi connectivity index (χ1) is 9.06. The molecule has 19 heavy (non-hydrogen) atoms. The first-order valence-electron chi connectivity index (χ1n) is 5.73. The van der Waals surface area contributed by atoms with Crippen molar-refractivity contribution in [3.63, 3.8) is 0 Å². The molecular weight excluding hydrogens is 254 g/mol. The normalized spacial score (nSPS) is 22.7. The lowest BCUT2D eigenvalue weighted by molar-refractivity contribution is -0.00461. The van der Waals surface area contributed by atoms with Gasteiger partial charge in [0.05, 0.1) is 5.56 Å². The number of rotatable bonds is 4. The lowest BCUT2D eigenvalue weighted by Gasteiger charge is -2.13. The van der Waals surface area contributed by atoms with Gasteiger partial charge in [-0.15, -0.1) is 0 Å². The van der Waals surface area contributed by atoms with Crippen molar-refractivity contribution in [3.8, 4) is 0 Å². The standard InChI is InChI=1S/C12H15NO6/c1-17-9-4-13(5-10(9)18-2)11(14)8-3-7(6-19-8)12(15)16/h3,6,9-10H,4-5H2,1-2H3,(H,15,16). The second-order valence-corrected chi connectivity index (χ2v) is 4.26. The van der Waals surface area contributed by atoms with Crippen LogP contribution < -0.4 is 0 Å². The third-order valence-corrected chi connectivity index (χ3v) is 3.17. The van der Waals surface area contributed by atoms with E-state index in [-0.39, 0.29) is 29.4 Å². The van der Waals surface area contributed by atoms with Crippen molar-refractivity contribution in [3.05, 3.63) is 23.7 Å². The number of amides is 1. The summed E-state index contributed by atoms with van der Waals surface area (Å²) in [7, 11) is 3.11. The summed E-state index contributed by atoms with van der Waals surface area (Å²) in [5, 5.41) is 8.78. The zero-order valence-electron chi connectivity index (χ0n) is 10.7. The van der Waals surface area contributed by atoms with Crippen molar-refractivity contribution >= 4 is 11.9 Å². The molecule has 104 valence electrons. The lowest BCUT2D eigenvalue weighted by atomic mass is 10.3. The molecule has 0 aromatic carbocycles. The number of likely N-dealkylation sites (tertiary alicyclic amines) is 1. The summed E-state index contributed by atoms with van der Waals surface area (Å²) in [5.41, 5.74) is -0.0471. The molecule has 1 fully saturated rings. The van der Waals surface area contributed by atoms with Gasteiger partial charge in [-0.3, -0.25) is 4.79 Å². The Kier molecular flexibility index (Phi) is 3.87. The Morgan fingerprint density at radius 1 is 1.32 bits per heavy atom. The van der Waals surface area contributed by atoms with Crippen LogP contribution in [0.15, 0.2) is 16.7 Å². The molecule has 1 amide bonds. The van der Waals surface area contributed by atoms with Gasteiger partial charge in [0, 0.05) is 33.4 Å². The molecular formula is C12H15NO6. The van der Waals surface area contributed by atoms with E-state index in [9.17, 15) is 9.59 Å². The summed E-state index contributed by atoms with van der Waals surface area (Å²) < 4.78 is 15.4. The first-order valence-corrected chi connectivity index (χ1v) is 5.73. The molecule has 2 unspecified atom stereocenters. The fraction of sp³-hybridized carbons (Fsp3) is 0.500. The predicted octanol–water partition coefficient (Wildman–Crippen LogP) is 0.464. The van der Waals surface area contributed by atoms with E-state index in [0.29, 0.717) is 13.1 Å². The highest BCUT2D eigenvalue weighted by Gasteiger charge is 2.36. The molecule has 1 N–H and O–H groups in total. The van der Waals surface area contributed by atoms with Crippen LogP contribution in [0.2, 0.25) is 0 Å². The number of ether oxygens (including phenoxy) is 2. The summed E-state index contributed by atoms with van der Waals surface area (Å²) in [6.45, 7) is 0.772. The predicted molar refractivity (Wildman–Crippen MR) is 63.2 cm³/mol. The van der Waals surface area contributed by atoms with Crippen molar-refractivity contribution in [2.24, 2.45) is 0 Å². The number of carbonyl (C=O) groups excluding carboxylic acids is 1. The number of nitrogens with zero attached hydrogens (tertiary/aromatic N) is 1. The number of carbonyl (C=O) groups is 2. The van der Waals surface area contributed by atoms with Crippen LogP contribution in [0.5, 0.6) is 0 Å². The molecule has 2 atom stereocenters. The minimum atomic E-state index is -1.13. The van der Waals surface area contributed by atoms with Crippen LogP contribution >= 0.6 is 0 Å². The molecule has 7 heteroatoms. The molecule has 2 rings (SSSR count). The SMILES string of the molecule is COC1CN(C(=O)c2cc(C(=O)O)co2)CC1OC. The highest BCUT2D eigenvalue weighted by atomic mass is 16.5. The van der Waals surface area contributed by atoms with Crippen LogP contribution in [0.4, 0.5) is 0 Å². The van der Waals surface area contributed by atoms with Gasteiger partial charge < -0.3 is 23.9 Å². The number of aromatic carboxylic acids is 1. The minimum absolute atomic E-state index is 0.00371. The molecule has 0 spiro atoms. The largest absolute Gasteiger partial charge is 0.478 e. The highest BCUT2D eigenvalue weighted by Crippen LogP contribution is 2.19. The fourth-order valence-corrected chi connectivity index (χ4v) is 2.08. The Morgan fingerprint density at radius 3 is 2.32 bits per heavy atom. The van der Waals surface area contributed by atoms with E-state index < -0.39 is 5.97 Å². The Bertz CT molecular complexity index is 470. The number of methoxy groups -OCH3 is 2.